The number of nitrogens with zero attached hydrogens (tertiary/aromatic N) is 1. The van der Waals surface area contributed by atoms with E-state index in [2.05, 4.69) is 10.3 Å². The van der Waals surface area contributed by atoms with E-state index in [1.54, 1.807) is 6.07 Å². The fourth-order valence-electron chi connectivity index (χ4n) is 3.63. The largest absolute Gasteiger partial charge is 0.416 e. The molecule has 0 saturated heterocycles. The number of fused-ring (bicyclic) bond motifs is 1. The molecule has 0 unspecified atom stereocenters. The molecule has 1 amide bonds. The summed E-state index contributed by atoms with van der Waals surface area (Å²) < 4.78 is 38.3. The summed E-state index contributed by atoms with van der Waals surface area (Å²) in [6, 6.07) is 4.88. The van der Waals surface area contributed by atoms with E-state index in [0.29, 0.717) is 10.9 Å². The molecule has 27 heavy (non-hydrogen) atoms. The van der Waals surface area contributed by atoms with Crippen LogP contribution < -0.4 is 5.32 Å². The minimum atomic E-state index is -4.42. The number of nitrogens with one attached hydrogen (secondary N) is 1. The number of benzene rings is 1. The molecule has 1 aliphatic carbocycles. The van der Waals surface area contributed by atoms with Gasteiger partial charge in [0.05, 0.1) is 22.2 Å². The zero-order valence-corrected chi connectivity index (χ0v) is 15.3. The highest BCUT2D eigenvalue weighted by Crippen LogP contribution is 2.33. The van der Waals surface area contributed by atoms with E-state index < -0.39 is 17.3 Å². The van der Waals surface area contributed by atoms with Crippen LogP contribution in [0.5, 0.6) is 0 Å². The van der Waals surface area contributed by atoms with Gasteiger partial charge in [-0.25, -0.2) is 0 Å². The number of amides is 1. The molecule has 2 N–H and O–H groups in total. The van der Waals surface area contributed by atoms with Crippen LogP contribution in [0.25, 0.3) is 10.9 Å². The number of aromatic nitrogens is 1. The Morgan fingerprint density at radius 1 is 1.15 bits per heavy atom. The zero-order chi connectivity index (χ0) is 19.8. The summed E-state index contributed by atoms with van der Waals surface area (Å²) in [5, 5.41) is 13.5. The molecule has 4 nitrogen and oxygen atoms in total. The van der Waals surface area contributed by atoms with Gasteiger partial charge in [0.1, 0.15) is 0 Å². The van der Waals surface area contributed by atoms with Gasteiger partial charge in [0.2, 0.25) is 0 Å². The highest BCUT2D eigenvalue weighted by molar-refractivity contribution is 5.97. The molecule has 0 radical (unpaired) electrons. The van der Waals surface area contributed by atoms with Gasteiger partial charge in [0.25, 0.3) is 5.91 Å². The van der Waals surface area contributed by atoms with E-state index >= 15 is 0 Å². The number of hydrogen-bond acceptors (Lipinski definition) is 3. The molecule has 1 heterocycles. The van der Waals surface area contributed by atoms with Crippen LogP contribution in [0.4, 0.5) is 13.2 Å². The second-order valence-electron chi connectivity index (χ2n) is 7.80. The third kappa shape index (κ3) is 4.58. The van der Waals surface area contributed by atoms with Crippen molar-refractivity contribution in [2.75, 3.05) is 0 Å². The standard InChI is InChI=1S/C20H23F3N2O2/c1-19(2,27)14-5-7-16(8-6-14)25-18(26)13-9-12-3-4-15(20(21,22)23)10-17(12)24-11-13/h3-4,9-11,14,16,27H,5-8H2,1-2H3,(H,25,26)/t14-,16-. The quantitative estimate of drug-likeness (QED) is 0.834. The number of aliphatic hydroxyl groups is 1. The molecular formula is C20H23F3N2O2. The molecule has 0 bridgehead atoms. The van der Waals surface area contributed by atoms with Crippen LogP contribution >= 0.6 is 0 Å². The van der Waals surface area contributed by atoms with Gasteiger partial charge in [-0.2, -0.15) is 13.2 Å². The van der Waals surface area contributed by atoms with Gasteiger partial charge >= 0.3 is 6.18 Å². The Morgan fingerprint density at radius 2 is 1.81 bits per heavy atom. The van der Waals surface area contributed by atoms with Gasteiger partial charge in [0, 0.05) is 17.6 Å². The normalized spacial score (nSPS) is 21.3. The highest BCUT2D eigenvalue weighted by Gasteiger charge is 2.32. The first kappa shape index (κ1) is 19.6. The lowest BCUT2D eigenvalue weighted by Gasteiger charge is -2.36. The summed E-state index contributed by atoms with van der Waals surface area (Å²) in [7, 11) is 0. The topological polar surface area (TPSA) is 62.2 Å². The van der Waals surface area contributed by atoms with Crippen molar-refractivity contribution in [1.29, 1.82) is 0 Å². The van der Waals surface area contributed by atoms with E-state index in [4.69, 9.17) is 0 Å². The maximum absolute atomic E-state index is 12.8. The zero-order valence-electron chi connectivity index (χ0n) is 15.3. The molecule has 1 fully saturated rings. The van der Waals surface area contributed by atoms with Crippen molar-refractivity contribution in [2.24, 2.45) is 5.92 Å². The first-order valence-corrected chi connectivity index (χ1v) is 9.04. The number of carbonyl (C=O) groups excluding carboxylic acids is 1. The molecule has 3 rings (SSSR count). The van der Waals surface area contributed by atoms with E-state index in [1.807, 2.05) is 13.8 Å². The molecule has 1 saturated carbocycles. The highest BCUT2D eigenvalue weighted by atomic mass is 19.4. The van der Waals surface area contributed by atoms with Crippen molar-refractivity contribution < 1.29 is 23.1 Å². The summed E-state index contributed by atoms with van der Waals surface area (Å²) in [5.74, 6) is -0.0631. The summed E-state index contributed by atoms with van der Waals surface area (Å²) in [6.45, 7) is 3.61. The van der Waals surface area contributed by atoms with Crippen LogP contribution in [-0.2, 0) is 6.18 Å². The number of halogens is 3. The summed E-state index contributed by atoms with van der Waals surface area (Å²) in [6.07, 6.45) is 0.135. The molecule has 0 spiro atoms. The van der Waals surface area contributed by atoms with E-state index in [-0.39, 0.29) is 23.4 Å². The van der Waals surface area contributed by atoms with Gasteiger partial charge in [0.15, 0.2) is 0 Å². The van der Waals surface area contributed by atoms with Crippen LogP contribution in [0, 0.1) is 5.92 Å². The SMILES string of the molecule is CC(C)(O)[C@H]1CC[C@H](NC(=O)c2cnc3cc(C(F)(F)F)ccc3c2)CC1. The smallest absolute Gasteiger partial charge is 0.390 e. The summed E-state index contributed by atoms with van der Waals surface area (Å²) in [4.78, 5) is 16.5. The first-order valence-electron chi connectivity index (χ1n) is 9.04. The van der Waals surface area contributed by atoms with Crippen molar-refractivity contribution in [3.63, 3.8) is 0 Å². The lowest BCUT2D eigenvalue weighted by atomic mass is 9.77. The predicted octanol–water partition coefficient (Wildman–Crippen LogP) is 4.31. The van der Waals surface area contributed by atoms with Crippen LogP contribution in [0.15, 0.2) is 30.5 Å². The van der Waals surface area contributed by atoms with E-state index in [1.165, 1.54) is 12.3 Å². The Hall–Kier alpha value is -2.15. The summed E-state index contributed by atoms with van der Waals surface area (Å²) >= 11 is 0. The molecule has 2 aromatic rings. The molecule has 0 atom stereocenters. The molecule has 1 aromatic heterocycles. The van der Waals surface area contributed by atoms with Crippen molar-refractivity contribution in [3.8, 4) is 0 Å². The first-order chi connectivity index (χ1) is 12.5. The Labute approximate surface area is 155 Å². The monoisotopic (exact) mass is 380 g/mol. The van der Waals surface area contributed by atoms with Crippen LogP contribution in [0.3, 0.4) is 0 Å². The van der Waals surface area contributed by atoms with Crippen molar-refractivity contribution >= 4 is 16.8 Å². The van der Waals surface area contributed by atoms with Gasteiger partial charge in [-0.05, 0) is 63.6 Å². The maximum Gasteiger partial charge on any atom is 0.416 e. The Kier molecular flexibility index (Phi) is 5.16. The fourth-order valence-corrected chi connectivity index (χ4v) is 3.63. The van der Waals surface area contributed by atoms with Crippen LogP contribution in [-0.4, -0.2) is 27.6 Å². The number of pyridine rings is 1. The van der Waals surface area contributed by atoms with Gasteiger partial charge in [-0.1, -0.05) is 6.07 Å². The Balaban J connectivity index is 1.68. The van der Waals surface area contributed by atoms with Crippen LogP contribution in [0.2, 0.25) is 0 Å². The lowest BCUT2D eigenvalue weighted by Crippen LogP contribution is -2.41. The molecule has 7 heteroatoms. The fraction of sp³-hybridized carbons (Fsp3) is 0.500. The molecule has 146 valence electrons. The van der Waals surface area contributed by atoms with Gasteiger partial charge in [-0.15, -0.1) is 0 Å². The van der Waals surface area contributed by atoms with Gasteiger partial charge in [-0.3, -0.25) is 9.78 Å². The minimum Gasteiger partial charge on any atom is -0.390 e. The van der Waals surface area contributed by atoms with Crippen LogP contribution in [0.1, 0.15) is 55.5 Å². The average Bonchev–Trinajstić information content (AvgIpc) is 2.59. The number of carbonyl (C=O) groups is 1. The second kappa shape index (κ2) is 7.11. The van der Waals surface area contributed by atoms with Gasteiger partial charge < -0.3 is 10.4 Å². The predicted molar refractivity (Wildman–Crippen MR) is 96.3 cm³/mol. The van der Waals surface area contributed by atoms with E-state index in [0.717, 1.165) is 37.8 Å². The second-order valence-corrected chi connectivity index (χ2v) is 7.80. The lowest BCUT2D eigenvalue weighted by molar-refractivity contribution is -0.137. The number of alkyl halides is 3. The average molecular weight is 380 g/mol. The van der Waals surface area contributed by atoms with Crippen molar-refractivity contribution in [3.05, 3.63) is 41.6 Å². The minimum absolute atomic E-state index is 0.0272. The third-order valence-corrected chi connectivity index (χ3v) is 5.34. The van der Waals surface area contributed by atoms with Crippen molar-refractivity contribution in [2.45, 2.75) is 57.3 Å². The number of rotatable bonds is 3. The van der Waals surface area contributed by atoms with Crippen molar-refractivity contribution in [1.82, 2.24) is 10.3 Å². The maximum atomic E-state index is 12.8. The Bertz CT molecular complexity index is 835. The molecule has 1 aromatic carbocycles. The molecular weight excluding hydrogens is 357 g/mol. The number of hydrogen-bond donors (Lipinski definition) is 2. The Morgan fingerprint density at radius 3 is 2.41 bits per heavy atom. The third-order valence-electron chi connectivity index (χ3n) is 5.34. The van der Waals surface area contributed by atoms with E-state index in [9.17, 15) is 23.1 Å². The summed E-state index contributed by atoms with van der Waals surface area (Å²) in [5.41, 5.74) is -0.950. The molecule has 0 aliphatic heterocycles. The molecule has 1 aliphatic rings.